The number of hydrogen-bond acceptors (Lipinski definition) is 6. The van der Waals surface area contributed by atoms with Crippen molar-refractivity contribution < 1.29 is 23.2 Å². The molecule has 0 saturated carbocycles. The highest BCUT2D eigenvalue weighted by atomic mass is 32.2. The number of amides is 2. The number of benzene rings is 1. The van der Waals surface area contributed by atoms with E-state index in [0.717, 1.165) is 9.98 Å². The largest absolute Gasteiger partial charge is 0.330 e. The summed E-state index contributed by atoms with van der Waals surface area (Å²) in [4.78, 5) is 25.9. The molecule has 0 aliphatic rings. The second-order valence-electron chi connectivity index (χ2n) is 9.23. The third-order valence-electron chi connectivity index (χ3n) is 5.20. The van der Waals surface area contributed by atoms with Gasteiger partial charge in [-0.15, -0.1) is 4.41 Å². The summed E-state index contributed by atoms with van der Waals surface area (Å²) in [7, 11) is -3.78. The third kappa shape index (κ3) is 10.3. The first-order chi connectivity index (χ1) is 16.0. The molecule has 0 aliphatic heterocycles. The van der Waals surface area contributed by atoms with Crippen molar-refractivity contribution in [3.05, 3.63) is 42.0 Å². The topological polar surface area (TPSA) is 142 Å². The van der Waals surface area contributed by atoms with E-state index in [1.807, 2.05) is 64.1 Å². The number of carbonyl (C=O) groups excluding carboxylic acids is 2. The van der Waals surface area contributed by atoms with Crippen LogP contribution in [-0.2, 0) is 19.6 Å². The Bertz CT molecular complexity index is 888. The molecule has 0 fully saturated rings. The van der Waals surface area contributed by atoms with Crippen LogP contribution >= 0.6 is 0 Å². The van der Waals surface area contributed by atoms with Gasteiger partial charge < -0.3 is 5.73 Å². The summed E-state index contributed by atoms with van der Waals surface area (Å²) in [5.74, 6) is -3.19. The predicted molar refractivity (Wildman–Crippen MR) is 134 cm³/mol. The van der Waals surface area contributed by atoms with E-state index in [0.29, 0.717) is 6.42 Å². The number of rotatable bonds is 15. The molecule has 1 aromatic rings. The number of nitrogens with zero attached hydrogens (tertiary/aromatic N) is 1. The monoisotopic (exact) mass is 496 g/mol. The lowest BCUT2D eigenvalue weighted by Crippen LogP contribution is -2.52. The number of nitrogens with two attached hydrogens (primary N) is 1. The van der Waals surface area contributed by atoms with Crippen molar-refractivity contribution >= 4 is 27.9 Å². The molecule has 0 aromatic heterocycles. The fourth-order valence-corrected chi connectivity index (χ4v) is 5.06. The fraction of sp³-hybridized carbons (Fsp3) is 0.583. The van der Waals surface area contributed by atoms with Gasteiger partial charge in [0.1, 0.15) is 0 Å². The van der Waals surface area contributed by atoms with Crippen LogP contribution in [0, 0.1) is 23.7 Å². The highest BCUT2D eigenvalue weighted by Crippen LogP contribution is 2.26. The fourth-order valence-electron chi connectivity index (χ4n) is 3.56. The van der Waals surface area contributed by atoms with Crippen molar-refractivity contribution in [2.24, 2.45) is 29.4 Å². The molecule has 0 radical (unpaired) electrons. The standard InChI is InChI=1S/C24H40N4O5S/c1-18(2)16-22(21(24(30)27-31)13-8-12-20-10-6-5-7-11-20)23(29)26-28(17-19(3)4)34(32,33)15-9-14-25/h5-8,10-12,18-19,21-22,31H,9,13-17,25H2,1-4H3,(H,26,29)(H,27,30)/t21-,22+/m0/s1. The van der Waals surface area contributed by atoms with Crippen molar-refractivity contribution in [3.8, 4) is 0 Å². The zero-order valence-corrected chi connectivity index (χ0v) is 21.4. The molecule has 34 heavy (non-hydrogen) atoms. The Balaban J connectivity index is 3.19. The molecule has 1 rings (SSSR count). The number of hydrogen-bond donors (Lipinski definition) is 4. The van der Waals surface area contributed by atoms with Gasteiger partial charge >= 0.3 is 0 Å². The van der Waals surface area contributed by atoms with Crippen LogP contribution in [-0.4, -0.2) is 48.7 Å². The summed E-state index contributed by atoms with van der Waals surface area (Å²) in [6.07, 6.45) is 4.41. The second-order valence-corrected chi connectivity index (χ2v) is 11.2. The molecule has 2 atom stereocenters. The van der Waals surface area contributed by atoms with Gasteiger partial charge in [0.2, 0.25) is 21.8 Å². The highest BCUT2D eigenvalue weighted by molar-refractivity contribution is 7.89. The van der Waals surface area contributed by atoms with Crippen LogP contribution in [0.3, 0.4) is 0 Å². The maximum absolute atomic E-state index is 13.4. The molecule has 0 bridgehead atoms. The molecular formula is C24H40N4O5S. The molecular weight excluding hydrogens is 456 g/mol. The summed E-state index contributed by atoms with van der Waals surface area (Å²) in [6.45, 7) is 7.83. The molecule has 2 amide bonds. The van der Waals surface area contributed by atoms with Gasteiger partial charge in [0.25, 0.3) is 0 Å². The summed E-state index contributed by atoms with van der Waals surface area (Å²) >= 11 is 0. The van der Waals surface area contributed by atoms with Crippen molar-refractivity contribution in [2.45, 2.75) is 47.0 Å². The predicted octanol–water partition coefficient (Wildman–Crippen LogP) is 2.54. The van der Waals surface area contributed by atoms with E-state index in [1.54, 1.807) is 11.6 Å². The average Bonchev–Trinajstić information content (AvgIpc) is 2.78. The lowest BCUT2D eigenvalue weighted by Gasteiger charge is -2.30. The van der Waals surface area contributed by atoms with Crippen LogP contribution in [0.15, 0.2) is 36.4 Å². The van der Waals surface area contributed by atoms with E-state index in [-0.39, 0.29) is 43.5 Å². The second kappa shape index (κ2) is 14.9. The molecule has 0 saturated heterocycles. The van der Waals surface area contributed by atoms with Gasteiger partial charge in [-0.05, 0) is 43.2 Å². The Morgan fingerprint density at radius 1 is 1.06 bits per heavy atom. The Morgan fingerprint density at radius 2 is 1.71 bits per heavy atom. The minimum Gasteiger partial charge on any atom is -0.330 e. The van der Waals surface area contributed by atoms with Crippen molar-refractivity contribution in [3.63, 3.8) is 0 Å². The number of hydrazine groups is 1. The van der Waals surface area contributed by atoms with Gasteiger partial charge in [-0.1, -0.05) is 70.2 Å². The van der Waals surface area contributed by atoms with Gasteiger partial charge in [0.05, 0.1) is 17.6 Å². The van der Waals surface area contributed by atoms with E-state index in [1.165, 1.54) is 0 Å². The zero-order chi connectivity index (χ0) is 25.7. The maximum atomic E-state index is 13.4. The van der Waals surface area contributed by atoms with E-state index in [4.69, 9.17) is 5.73 Å². The molecule has 192 valence electrons. The summed E-state index contributed by atoms with van der Waals surface area (Å²) in [6, 6.07) is 9.49. The summed E-state index contributed by atoms with van der Waals surface area (Å²) in [5, 5.41) is 9.34. The first-order valence-corrected chi connectivity index (χ1v) is 13.3. The Labute approximate surface area is 203 Å². The number of nitrogens with one attached hydrogen (secondary N) is 2. The molecule has 5 N–H and O–H groups in total. The summed E-state index contributed by atoms with van der Waals surface area (Å²) in [5.41, 5.74) is 10.6. The SMILES string of the molecule is CC(C)C[C@@H](C(=O)NN(CC(C)C)S(=O)(=O)CCCN)[C@H](CC=Cc1ccccc1)C(=O)NO. The maximum Gasteiger partial charge on any atom is 0.247 e. The molecule has 0 aliphatic carbocycles. The van der Waals surface area contributed by atoms with E-state index < -0.39 is 33.7 Å². The number of carbonyl (C=O) groups is 2. The molecule has 10 heteroatoms. The van der Waals surface area contributed by atoms with E-state index >= 15 is 0 Å². The van der Waals surface area contributed by atoms with Gasteiger partial charge in [-0.2, -0.15) is 0 Å². The van der Waals surface area contributed by atoms with Crippen LogP contribution in [0.2, 0.25) is 0 Å². The van der Waals surface area contributed by atoms with Gasteiger partial charge in [-0.25, -0.2) is 13.9 Å². The Hall–Kier alpha value is -2.27. The van der Waals surface area contributed by atoms with Crippen LogP contribution in [0.5, 0.6) is 0 Å². The molecule has 1 aromatic carbocycles. The van der Waals surface area contributed by atoms with E-state index in [9.17, 15) is 23.2 Å². The van der Waals surface area contributed by atoms with E-state index in [2.05, 4.69) is 5.43 Å². The van der Waals surface area contributed by atoms with Crippen molar-refractivity contribution in [2.75, 3.05) is 18.8 Å². The number of hydroxylamine groups is 1. The van der Waals surface area contributed by atoms with Crippen LogP contribution in [0.4, 0.5) is 0 Å². The van der Waals surface area contributed by atoms with Crippen LogP contribution < -0.4 is 16.6 Å². The highest BCUT2D eigenvalue weighted by Gasteiger charge is 2.36. The summed E-state index contributed by atoms with van der Waals surface area (Å²) < 4.78 is 26.6. The normalized spacial score (nSPS) is 14.0. The van der Waals surface area contributed by atoms with Crippen molar-refractivity contribution in [1.29, 1.82) is 0 Å². The lowest BCUT2D eigenvalue weighted by atomic mass is 9.82. The minimum absolute atomic E-state index is 0.0400. The first kappa shape index (κ1) is 29.8. The van der Waals surface area contributed by atoms with Gasteiger partial charge in [0.15, 0.2) is 0 Å². The number of allylic oxidation sites excluding steroid dienone is 1. The Morgan fingerprint density at radius 3 is 2.24 bits per heavy atom. The minimum atomic E-state index is -3.78. The first-order valence-electron chi connectivity index (χ1n) is 11.7. The van der Waals surface area contributed by atoms with Crippen LogP contribution in [0.1, 0.15) is 52.5 Å². The quantitative estimate of drug-likeness (QED) is 0.217. The molecule has 0 unspecified atom stereocenters. The molecule has 9 nitrogen and oxygen atoms in total. The number of sulfonamides is 1. The van der Waals surface area contributed by atoms with Crippen molar-refractivity contribution in [1.82, 2.24) is 15.3 Å². The van der Waals surface area contributed by atoms with Gasteiger partial charge in [-0.3, -0.25) is 20.2 Å². The van der Waals surface area contributed by atoms with Gasteiger partial charge in [0, 0.05) is 6.54 Å². The zero-order valence-electron chi connectivity index (χ0n) is 20.6. The average molecular weight is 497 g/mol. The molecule has 0 heterocycles. The third-order valence-corrected chi connectivity index (χ3v) is 6.92. The smallest absolute Gasteiger partial charge is 0.247 e. The van der Waals surface area contributed by atoms with Crippen LogP contribution in [0.25, 0.3) is 6.08 Å². The lowest BCUT2D eigenvalue weighted by molar-refractivity contribution is -0.141. The molecule has 0 spiro atoms. The Kier molecular flexibility index (Phi) is 13.0.